The Morgan fingerprint density at radius 3 is 2.33 bits per heavy atom. The van der Waals surface area contributed by atoms with Gasteiger partial charge in [0.25, 0.3) is 0 Å². The second-order valence-electron chi connectivity index (χ2n) is 8.24. The zero-order chi connectivity index (χ0) is 15.4. The monoisotopic (exact) mass is 449 g/mol. The van der Waals surface area contributed by atoms with Crippen molar-refractivity contribution in [3.8, 4) is 0 Å². The van der Waals surface area contributed by atoms with E-state index in [9.17, 15) is 0 Å². The van der Waals surface area contributed by atoms with Crippen molar-refractivity contribution in [2.75, 3.05) is 0 Å². The van der Waals surface area contributed by atoms with Crippen molar-refractivity contribution in [2.24, 2.45) is 11.3 Å². The predicted octanol–water partition coefficient (Wildman–Crippen LogP) is 5.79. The molecule has 0 saturated heterocycles. The molecule has 2 unspecified atom stereocenters. The van der Waals surface area contributed by atoms with Crippen LogP contribution in [0.15, 0.2) is 18.2 Å². The molecule has 1 aromatic carbocycles. The van der Waals surface area contributed by atoms with Gasteiger partial charge in [-0.05, 0) is 0 Å². The fraction of sp³-hybridized carbons (Fsp3) is 0.600. The van der Waals surface area contributed by atoms with Gasteiger partial charge >= 0.3 is 139 Å². The molecule has 1 heteroatoms. The van der Waals surface area contributed by atoms with E-state index in [1.807, 2.05) is 0 Å². The van der Waals surface area contributed by atoms with Gasteiger partial charge in [0.1, 0.15) is 0 Å². The van der Waals surface area contributed by atoms with Crippen LogP contribution in [-0.4, -0.2) is 0 Å². The summed E-state index contributed by atoms with van der Waals surface area (Å²) < 4.78 is 5.66. The van der Waals surface area contributed by atoms with Crippen molar-refractivity contribution in [2.45, 2.75) is 59.5 Å². The summed E-state index contributed by atoms with van der Waals surface area (Å²) >= 11 is -1.60. The minimum absolute atomic E-state index is 0.455. The topological polar surface area (TPSA) is 0 Å². The summed E-state index contributed by atoms with van der Waals surface area (Å²) in [5, 5.41) is 0. The van der Waals surface area contributed by atoms with E-state index in [4.69, 9.17) is 0 Å². The second-order valence-corrected chi connectivity index (χ2v) is 18.4. The van der Waals surface area contributed by atoms with Crippen LogP contribution in [0.1, 0.15) is 56.4 Å². The van der Waals surface area contributed by atoms with Gasteiger partial charge < -0.3 is 0 Å². The third-order valence-corrected chi connectivity index (χ3v) is 15.2. The second kappa shape index (κ2) is 5.18. The molecule has 0 saturated carbocycles. The maximum absolute atomic E-state index is 2.61. The first-order chi connectivity index (χ1) is 9.80. The van der Waals surface area contributed by atoms with E-state index in [1.165, 1.54) is 24.8 Å². The van der Waals surface area contributed by atoms with Crippen molar-refractivity contribution in [3.05, 3.63) is 40.5 Å². The van der Waals surface area contributed by atoms with E-state index in [0.29, 0.717) is 8.59 Å². The number of hydrogen-bond acceptors (Lipinski definition) is 0. The Morgan fingerprint density at radius 1 is 1.14 bits per heavy atom. The molecule has 1 aromatic rings. The predicted molar refractivity (Wildman–Crippen MR) is 89.5 cm³/mol. The number of fused-ring (bicyclic) bond motifs is 2. The molecule has 0 heterocycles. The van der Waals surface area contributed by atoms with Gasteiger partial charge in [-0.15, -0.1) is 0 Å². The molecule has 0 nitrogen and oxygen atoms in total. The zero-order valence-electron chi connectivity index (χ0n) is 14.5. The summed E-state index contributed by atoms with van der Waals surface area (Å²) in [6.07, 6.45) is 8.87. The first-order valence-corrected chi connectivity index (χ1v) is 17.4. The Morgan fingerprint density at radius 2 is 1.76 bits per heavy atom. The van der Waals surface area contributed by atoms with Crippen LogP contribution in [-0.2, 0) is 37.5 Å². The first-order valence-electron chi connectivity index (χ1n) is 8.46. The average Bonchev–Trinajstić information content (AvgIpc) is 2.90. The molecule has 2 aliphatic rings. The maximum atomic E-state index is 2.61. The first kappa shape index (κ1) is 15.7. The van der Waals surface area contributed by atoms with E-state index < -0.39 is 21.4 Å². The Labute approximate surface area is 138 Å². The summed E-state index contributed by atoms with van der Waals surface area (Å²) in [5.41, 5.74) is 6.95. The number of allylic oxidation sites excluding steroid dienone is 1. The van der Waals surface area contributed by atoms with Crippen LogP contribution < -0.4 is 0 Å². The van der Waals surface area contributed by atoms with E-state index in [-0.39, 0.29) is 0 Å². The third-order valence-electron chi connectivity index (χ3n) is 5.90. The molecule has 0 amide bonds. The van der Waals surface area contributed by atoms with Gasteiger partial charge in [0.05, 0.1) is 0 Å². The summed E-state index contributed by atoms with van der Waals surface area (Å²) in [6.45, 7) is 9.67. The molecule has 3 rings (SSSR count). The summed E-state index contributed by atoms with van der Waals surface area (Å²) in [4.78, 5) is 0. The van der Waals surface area contributed by atoms with Gasteiger partial charge in [-0.1, -0.05) is 0 Å². The molecule has 21 heavy (non-hydrogen) atoms. The van der Waals surface area contributed by atoms with Crippen LogP contribution >= 0.6 is 0 Å². The number of rotatable bonds is 3. The Kier molecular flexibility index (Phi) is 3.88. The van der Waals surface area contributed by atoms with Gasteiger partial charge in [-0.3, -0.25) is 0 Å². The van der Waals surface area contributed by atoms with E-state index in [0.717, 1.165) is 5.92 Å². The van der Waals surface area contributed by atoms with E-state index in [2.05, 4.69) is 61.3 Å². The molecular formula is C20H29Hf. The molecule has 0 aliphatic heterocycles. The normalized spacial score (nSPS) is 26.6. The average molecular weight is 448 g/mol. The van der Waals surface area contributed by atoms with Crippen molar-refractivity contribution in [1.82, 2.24) is 0 Å². The minimum atomic E-state index is -1.60. The van der Waals surface area contributed by atoms with Crippen LogP contribution in [0, 0.1) is 11.3 Å². The number of hydrogen-bond donors (Lipinski definition) is 0. The fourth-order valence-corrected chi connectivity index (χ4v) is 13.1. The Bertz CT molecular complexity index is 594. The van der Waals surface area contributed by atoms with Crippen LogP contribution in [0.25, 0.3) is 6.08 Å². The quantitative estimate of drug-likeness (QED) is 0.514. The van der Waals surface area contributed by atoms with Gasteiger partial charge in [0, 0.05) is 0 Å². The molecule has 113 valence electrons. The molecular weight excluding hydrogens is 419 g/mol. The summed E-state index contributed by atoms with van der Waals surface area (Å²) in [7, 11) is 0. The van der Waals surface area contributed by atoms with Gasteiger partial charge in [0.15, 0.2) is 0 Å². The standard InChI is InChI=1S/C18H23.2CH3.Hf/c1-5-12(2)16-7-6-13-8-14-10-18(3,4)11-15(14)9-17(13)16;;;/h6-9,12H,5,10-11H2,1-4H3;2*1H3;. The number of benzene rings is 1. The van der Waals surface area contributed by atoms with Crippen LogP contribution in [0.5, 0.6) is 0 Å². The molecule has 0 bridgehead atoms. The van der Waals surface area contributed by atoms with Crippen molar-refractivity contribution < 1.29 is 21.4 Å². The molecule has 2 aliphatic carbocycles. The van der Waals surface area contributed by atoms with Gasteiger partial charge in [-0.2, -0.15) is 0 Å². The van der Waals surface area contributed by atoms with Crippen molar-refractivity contribution in [3.63, 3.8) is 0 Å². The molecule has 0 N–H and O–H groups in total. The molecule has 2 atom stereocenters. The zero-order valence-corrected chi connectivity index (χ0v) is 18.1. The van der Waals surface area contributed by atoms with Gasteiger partial charge in [0.2, 0.25) is 0 Å². The SMILES string of the molecule is CCC(C)[C]1([Hf]([CH3])[CH3])C=Cc2cc3c(cc21)CC(C)(C)C3. The fourth-order valence-electron chi connectivity index (χ4n) is 4.62. The van der Waals surface area contributed by atoms with E-state index in [1.54, 1.807) is 16.7 Å². The molecule has 0 spiro atoms. The third kappa shape index (κ3) is 2.35. The molecule has 0 radical (unpaired) electrons. The van der Waals surface area contributed by atoms with Crippen molar-refractivity contribution >= 4 is 6.08 Å². The van der Waals surface area contributed by atoms with Crippen LogP contribution in [0.4, 0.5) is 0 Å². The molecule has 0 fully saturated rings. The summed E-state index contributed by atoms with van der Waals surface area (Å²) in [6, 6.07) is 5.14. The van der Waals surface area contributed by atoms with Gasteiger partial charge in [-0.25, -0.2) is 0 Å². The van der Waals surface area contributed by atoms with Crippen LogP contribution in [0.2, 0.25) is 9.36 Å². The Hall–Kier alpha value is -0.170. The van der Waals surface area contributed by atoms with E-state index >= 15 is 0 Å². The summed E-state index contributed by atoms with van der Waals surface area (Å²) in [5.74, 6) is 0.791. The van der Waals surface area contributed by atoms with Crippen molar-refractivity contribution in [1.29, 1.82) is 0 Å². The van der Waals surface area contributed by atoms with Crippen LogP contribution in [0.3, 0.4) is 0 Å². The Balaban J connectivity index is 2.13. The molecule has 0 aromatic heterocycles.